The number of nitrogens with zero attached hydrogens (tertiary/aromatic N) is 2. The minimum Gasteiger partial charge on any atom is -0.464 e. The van der Waals surface area contributed by atoms with Gasteiger partial charge in [-0.05, 0) is 42.7 Å². The van der Waals surface area contributed by atoms with Crippen molar-refractivity contribution in [2.75, 3.05) is 18.4 Å². The Bertz CT molecular complexity index is 1120. The summed E-state index contributed by atoms with van der Waals surface area (Å²) in [7, 11) is 0. The minimum absolute atomic E-state index is 0.0620. The molecular formula is C26H29F2N3O3. The van der Waals surface area contributed by atoms with E-state index in [1.165, 1.54) is 4.90 Å². The standard InChI is InChI=1S/C26H29F2N3O3/c1-18(2)14-31(26(33)29-24-12-10-21(27)13-23(24)28)17-25(32)30(15-20-7-5-4-6-8-20)16-22-11-9-19(3)34-22/h4-13,18H,14-17H2,1-3H3,(H,29,33). The van der Waals surface area contributed by atoms with E-state index in [4.69, 9.17) is 4.42 Å². The molecule has 34 heavy (non-hydrogen) atoms. The van der Waals surface area contributed by atoms with Crippen LogP contribution in [0.25, 0.3) is 0 Å². The molecule has 0 spiro atoms. The van der Waals surface area contributed by atoms with Crippen molar-refractivity contribution in [2.45, 2.75) is 33.9 Å². The largest absolute Gasteiger partial charge is 0.464 e. The van der Waals surface area contributed by atoms with Crippen LogP contribution in [0.2, 0.25) is 0 Å². The Balaban J connectivity index is 1.78. The summed E-state index contributed by atoms with van der Waals surface area (Å²) in [5.74, 6) is -0.475. The molecule has 1 N–H and O–H groups in total. The number of urea groups is 1. The molecule has 0 bridgehead atoms. The molecule has 6 nitrogen and oxygen atoms in total. The molecule has 0 radical (unpaired) electrons. The van der Waals surface area contributed by atoms with E-state index >= 15 is 0 Å². The van der Waals surface area contributed by atoms with Crippen molar-refractivity contribution in [2.24, 2.45) is 5.92 Å². The van der Waals surface area contributed by atoms with Crippen LogP contribution in [0, 0.1) is 24.5 Å². The molecule has 1 heterocycles. The summed E-state index contributed by atoms with van der Waals surface area (Å²) in [4.78, 5) is 29.2. The second kappa shape index (κ2) is 11.4. The third-order valence-electron chi connectivity index (χ3n) is 5.08. The maximum atomic E-state index is 14.1. The molecule has 0 saturated heterocycles. The first-order chi connectivity index (χ1) is 16.2. The van der Waals surface area contributed by atoms with Gasteiger partial charge in [0.1, 0.15) is 29.7 Å². The van der Waals surface area contributed by atoms with E-state index in [-0.39, 0.29) is 37.1 Å². The lowest BCUT2D eigenvalue weighted by atomic mass is 10.2. The molecule has 0 atom stereocenters. The first-order valence-electron chi connectivity index (χ1n) is 11.1. The number of aryl methyl sites for hydroxylation is 1. The minimum atomic E-state index is -0.886. The molecule has 180 valence electrons. The lowest BCUT2D eigenvalue weighted by Gasteiger charge is -2.28. The Morgan fingerprint density at radius 2 is 1.71 bits per heavy atom. The summed E-state index contributed by atoms with van der Waals surface area (Å²) in [6, 6.07) is 15.4. The first kappa shape index (κ1) is 25.0. The van der Waals surface area contributed by atoms with Gasteiger partial charge in [0.25, 0.3) is 0 Å². The molecule has 0 fully saturated rings. The zero-order valence-electron chi connectivity index (χ0n) is 19.6. The fourth-order valence-corrected chi connectivity index (χ4v) is 3.50. The van der Waals surface area contributed by atoms with Gasteiger partial charge in [-0.3, -0.25) is 4.79 Å². The molecule has 0 aliphatic carbocycles. The van der Waals surface area contributed by atoms with Crippen LogP contribution in [0.3, 0.4) is 0 Å². The highest BCUT2D eigenvalue weighted by molar-refractivity contribution is 5.92. The van der Waals surface area contributed by atoms with Gasteiger partial charge >= 0.3 is 6.03 Å². The number of hydrogen-bond donors (Lipinski definition) is 1. The van der Waals surface area contributed by atoms with E-state index in [1.807, 2.05) is 63.2 Å². The van der Waals surface area contributed by atoms with Gasteiger partial charge < -0.3 is 19.5 Å². The van der Waals surface area contributed by atoms with Crippen molar-refractivity contribution >= 4 is 17.6 Å². The SMILES string of the molecule is Cc1ccc(CN(Cc2ccccc2)C(=O)CN(CC(C)C)C(=O)Nc2ccc(F)cc2F)o1. The molecule has 0 saturated carbocycles. The average Bonchev–Trinajstić information content (AvgIpc) is 3.19. The summed E-state index contributed by atoms with van der Waals surface area (Å²) in [6.07, 6.45) is 0. The fourth-order valence-electron chi connectivity index (χ4n) is 3.50. The summed E-state index contributed by atoms with van der Waals surface area (Å²) >= 11 is 0. The van der Waals surface area contributed by atoms with E-state index < -0.39 is 17.7 Å². The van der Waals surface area contributed by atoms with Crippen molar-refractivity contribution in [3.63, 3.8) is 0 Å². The maximum Gasteiger partial charge on any atom is 0.322 e. The molecule has 8 heteroatoms. The van der Waals surface area contributed by atoms with Crippen LogP contribution in [0.1, 0.15) is 30.9 Å². The van der Waals surface area contributed by atoms with Crippen molar-refractivity contribution in [1.29, 1.82) is 0 Å². The van der Waals surface area contributed by atoms with E-state index in [9.17, 15) is 18.4 Å². The molecule has 0 unspecified atom stereocenters. The highest BCUT2D eigenvalue weighted by Crippen LogP contribution is 2.17. The number of benzene rings is 2. The zero-order valence-corrected chi connectivity index (χ0v) is 19.6. The quantitative estimate of drug-likeness (QED) is 0.445. The molecule has 3 amide bonds. The number of rotatable bonds is 9. The van der Waals surface area contributed by atoms with Gasteiger partial charge in [-0.2, -0.15) is 0 Å². The summed E-state index contributed by atoms with van der Waals surface area (Å²) < 4.78 is 32.9. The number of carbonyl (C=O) groups excluding carboxylic acids is 2. The average molecular weight is 470 g/mol. The number of halogens is 2. The second-order valence-electron chi connectivity index (χ2n) is 8.58. The number of hydrogen-bond acceptors (Lipinski definition) is 3. The Morgan fingerprint density at radius 1 is 0.971 bits per heavy atom. The number of anilines is 1. The summed E-state index contributed by atoms with van der Waals surface area (Å²) in [5.41, 5.74) is 0.784. The van der Waals surface area contributed by atoms with Crippen LogP contribution in [-0.2, 0) is 17.9 Å². The summed E-state index contributed by atoms with van der Waals surface area (Å²) in [6.45, 7) is 6.30. The van der Waals surface area contributed by atoms with Crippen molar-refractivity contribution in [3.05, 3.63) is 89.4 Å². The Morgan fingerprint density at radius 3 is 2.32 bits per heavy atom. The highest BCUT2D eigenvalue weighted by atomic mass is 19.1. The van der Waals surface area contributed by atoms with Crippen LogP contribution in [0.15, 0.2) is 65.1 Å². The third kappa shape index (κ3) is 7.16. The van der Waals surface area contributed by atoms with Crippen LogP contribution >= 0.6 is 0 Å². The summed E-state index contributed by atoms with van der Waals surface area (Å²) in [5, 5.41) is 2.45. The van der Waals surface area contributed by atoms with Gasteiger partial charge in [0.2, 0.25) is 5.91 Å². The number of carbonyl (C=O) groups is 2. The molecule has 3 rings (SSSR count). The monoisotopic (exact) mass is 469 g/mol. The van der Waals surface area contributed by atoms with Crippen molar-refractivity contribution in [1.82, 2.24) is 9.80 Å². The van der Waals surface area contributed by atoms with Crippen molar-refractivity contribution in [3.8, 4) is 0 Å². The Labute approximate surface area is 198 Å². The second-order valence-corrected chi connectivity index (χ2v) is 8.58. The Kier molecular flexibility index (Phi) is 8.40. The Hall–Kier alpha value is -3.68. The van der Waals surface area contributed by atoms with E-state index in [1.54, 1.807) is 4.90 Å². The van der Waals surface area contributed by atoms with E-state index in [0.717, 1.165) is 23.5 Å². The van der Waals surface area contributed by atoms with Gasteiger partial charge in [-0.1, -0.05) is 44.2 Å². The molecule has 3 aromatic rings. The van der Waals surface area contributed by atoms with Crippen molar-refractivity contribution < 1.29 is 22.8 Å². The lowest BCUT2D eigenvalue weighted by Crippen LogP contribution is -2.45. The predicted molar refractivity (Wildman–Crippen MR) is 126 cm³/mol. The maximum absolute atomic E-state index is 14.1. The normalized spacial score (nSPS) is 10.9. The van der Waals surface area contributed by atoms with E-state index in [2.05, 4.69) is 5.32 Å². The zero-order chi connectivity index (χ0) is 24.7. The van der Waals surface area contributed by atoms with E-state index in [0.29, 0.717) is 18.4 Å². The molecule has 2 aromatic carbocycles. The van der Waals surface area contributed by atoms with Crippen LogP contribution in [0.5, 0.6) is 0 Å². The number of amides is 3. The topological polar surface area (TPSA) is 65.8 Å². The van der Waals surface area contributed by atoms with Gasteiger partial charge in [0, 0.05) is 19.2 Å². The fraction of sp³-hybridized carbons (Fsp3) is 0.308. The molecular weight excluding hydrogens is 440 g/mol. The molecule has 1 aromatic heterocycles. The van der Waals surface area contributed by atoms with Crippen LogP contribution in [-0.4, -0.2) is 34.8 Å². The van der Waals surface area contributed by atoms with Crippen LogP contribution < -0.4 is 5.32 Å². The number of nitrogens with one attached hydrogen (secondary N) is 1. The molecule has 0 aliphatic heterocycles. The number of furan rings is 1. The molecule has 0 aliphatic rings. The van der Waals surface area contributed by atoms with Gasteiger partial charge in [0.15, 0.2) is 0 Å². The van der Waals surface area contributed by atoms with Gasteiger partial charge in [-0.15, -0.1) is 0 Å². The smallest absolute Gasteiger partial charge is 0.322 e. The van der Waals surface area contributed by atoms with Gasteiger partial charge in [0.05, 0.1) is 12.2 Å². The first-order valence-corrected chi connectivity index (χ1v) is 11.1. The van der Waals surface area contributed by atoms with Gasteiger partial charge in [-0.25, -0.2) is 13.6 Å². The van der Waals surface area contributed by atoms with Crippen LogP contribution in [0.4, 0.5) is 19.3 Å². The lowest BCUT2D eigenvalue weighted by molar-refractivity contribution is -0.133. The highest BCUT2D eigenvalue weighted by Gasteiger charge is 2.24. The predicted octanol–water partition coefficient (Wildman–Crippen LogP) is 5.59. The third-order valence-corrected chi connectivity index (χ3v) is 5.08.